The Morgan fingerprint density at radius 2 is 1.50 bits per heavy atom. The molecule has 0 unspecified atom stereocenters. The number of likely N-dealkylation sites (tertiary alicyclic amines) is 2. The summed E-state index contributed by atoms with van der Waals surface area (Å²) in [7, 11) is 2.25. The molecule has 70 valence electrons. The highest BCUT2D eigenvalue weighted by Gasteiger charge is 2.38. The summed E-state index contributed by atoms with van der Waals surface area (Å²) in [5.41, 5.74) is 0. The van der Waals surface area contributed by atoms with Crippen molar-refractivity contribution in [2.75, 3.05) is 33.2 Å². The molecule has 2 atom stereocenters. The molecule has 0 aromatic carbocycles. The lowest BCUT2D eigenvalue weighted by Gasteiger charge is -2.22. The molecule has 0 bridgehead atoms. The molecule has 0 aliphatic carbocycles. The average Bonchev–Trinajstić information content (AvgIpc) is 2.42. The summed E-state index contributed by atoms with van der Waals surface area (Å²) >= 11 is 0. The number of fused-ring (bicyclic) bond motifs is 1. The maximum atomic E-state index is 2.63. The zero-order valence-electron chi connectivity index (χ0n) is 8.45. The first kappa shape index (κ1) is 8.52. The molecule has 2 rings (SSSR count). The lowest BCUT2D eigenvalue weighted by molar-refractivity contribution is 0.235. The van der Waals surface area contributed by atoms with E-state index < -0.39 is 0 Å². The van der Waals surface area contributed by atoms with Gasteiger partial charge < -0.3 is 9.80 Å². The minimum Gasteiger partial charge on any atom is -0.306 e. The fraction of sp³-hybridized carbons (Fsp3) is 1.00. The van der Waals surface area contributed by atoms with Gasteiger partial charge in [-0.05, 0) is 32.7 Å². The van der Waals surface area contributed by atoms with Gasteiger partial charge in [-0.2, -0.15) is 0 Å². The first-order valence-corrected chi connectivity index (χ1v) is 5.09. The Labute approximate surface area is 75.5 Å². The Bertz CT molecular complexity index is 153. The van der Waals surface area contributed by atoms with Gasteiger partial charge in [-0.1, -0.05) is 0 Å². The lowest BCUT2D eigenvalue weighted by Crippen LogP contribution is -2.32. The summed E-state index contributed by atoms with van der Waals surface area (Å²) in [6.45, 7) is 9.96. The molecule has 2 heterocycles. The Balaban J connectivity index is 1.93. The van der Waals surface area contributed by atoms with E-state index in [9.17, 15) is 0 Å². The van der Waals surface area contributed by atoms with Crippen molar-refractivity contribution in [2.45, 2.75) is 19.9 Å². The van der Waals surface area contributed by atoms with Gasteiger partial charge in [0.05, 0.1) is 0 Å². The third kappa shape index (κ3) is 1.38. The molecule has 0 saturated carbocycles. The number of hydrogen-bond donors (Lipinski definition) is 0. The van der Waals surface area contributed by atoms with E-state index in [0.717, 1.165) is 17.9 Å². The summed E-state index contributed by atoms with van der Waals surface area (Å²) in [6.07, 6.45) is 0. The highest BCUT2D eigenvalue weighted by atomic mass is 15.2. The summed E-state index contributed by atoms with van der Waals surface area (Å²) in [5.74, 6) is 1.94. The molecule has 12 heavy (non-hydrogen) atoms. The van der Waals surface area contributed by atoms with Gasteiger partial charge in [-0.3, -0.25) is 0 Å². The Kier molecular flexibility index (Phi) is 2.13. The zero-order valence-corrected chi connectivity index (χ0v) is 8.45. The van der Waals surface area contributed by atoms with Crippen LogP contribution in [0.4, 0.5) is 0 Å². The smallest absolute Gasteiger partial charge is 0.00388 e. The Morgan fingerprint density at radius 3 is 1.92 bits per heavy atom. The lowest BCUT2D eigenvalue weighted by atomic mass is 10.0. The van der Waals surface area contributed by atoms with E-state index in [1.54, 1.807) is 0 Å². The van der Waals surface area contributed by atoms with Crippen molar-refractivity contribution in [1.29, 1.82) is 0 Å². The second-order valence-corrected chi connectivity index (χ2v) is 4.79. The number of rotatable bonds is 1. The van der Waals surface area contributed by atoms with E-state index in [4.69, 9.17) is 0 Å². The molecular formula is C10H20N2. The SMILES string of the molecule is CC(C)N1C[C@@H]2CN(C)C[C@H]2C1. The van der Waals surface area contributed by atoms with Crippen molar-refractivity contribution >= 4 is 0 Å². The molecule has 0 aromatic heterocycles. The van der Waals surface area contributed by atoms with E-state index >= 15 is 0 Å². The van der Waals surface area contributed by atoms with Crippen LogP contribution in [0.15, 0.2) is 0 Å². The van der Waals surface area contributed by atoms with E-state index in [-0.39, 0.29) is 0 Å². The van der Waals surface area contributed by atoms with Crippen molar-refractivity contribution in [1.82, 2.24) is 9.80 Å². The second kappa shape index (κ2) is 3.00. The van der Waals surface area contributed by atoms with Gasteiger partial charge in [0.15, 0.2) is 0 Å². The maximum Gasteiger partial charge on any atom is 0.00388 e. The van der Waals surface area contributed by atoms with Crippen molar-refractivity contribution in [2.24, 2.45) is 11.8 Å². The van der Waals surface area contributed by atoms with E-state index in [0.29, 0.717) is 0 Å². The molecule has 2 saturated heterocycles. The molecule has 0 amide bonds. The zero-order chi connectivity index (χ0) is 8.72. The van der Waals surface area contributed by atoms with Gasteiger partial charge in [-0.15, -0.1) is 0 Å². The van der Waals surface area contributed by atoms with Crippen LogP contribution >= 0.6 is 0 Å². The van der Waals surface area contributed by atoms with Crippen LogP contribution in [0, 0.1) is 11.8 Å². The molecule has 2 heteroatoms. The highest BCUT2D eigenvalue weighted by Crippen LogP contribution is 2.30. The third-order valence-electron chi connectivity index (χ3n) is 3.43. The Hall–Kier alpha value is -0.0800. The Morgan fingerprint density at radius 1 is 1.00 bits per heavy atom. The third-order valence-corrected chi connectivity index (χ3v) is 3.43. The van der Waals surface area contributed by atoms with Gasteiger partial charge >= 0.3 is 0 Å². The fourth-order valence-electron chi connectivity index (χ4n) is 2.69. The van der Waals surface area contributed by atoms with Gasteiger partial charge in [0, 0.05) is 32.2 Å². The monoisotopic (exact) mass is 168 g/mol. The van der Waals surface area contributed by atoms with E-state index in [1.165, 1.54) is 26.2 Å². The number of hydrogen-bond acceptors (Lipinski definition) is 2. The summed E-state index contributed by atoms with van der Waals surface area (Å²) in [6, 6.07) is 0.751. The standard InChI is InChI=1S/C10H20N2/c1-8(2)12-6-9-4-11(3)5-10(9)7-12/h8-10H,4-7H2,1-3H3/t9-,10-/m0/s1. The topological polar surface area (TPSA) is 6.48 Å². The largest absolute Gasteiger partial charge is 0.306 e. The van der Waals surface area contributed by atoms with Crippen molar-refractivity contribution in [3.63, 3.8) is 0 Å². The van der Waals surface area contributed by atoms with Crippen LogP contribution in [0.5, 0.6) is 0 Å². The van der Waals surface area contributed by atoms with Crippen molar-refractivity contribution < 1.29 is 0 Å². The van der Waals surface area contributed by atoms with Crippen molar-refractivity contribution in [3.8, 4) is 0 Å². The van der Waals surface area contributed by atoms with Gasteiger partial charge in [0.2, 0.25) is 0 Å². The van der Waals surface area contributed by atoms with Crippen LogP contribution in [0.3, 0.4) is 0 Å². The summed E-state index contributed by atoms with van der Waals surface area (Å²) < 4.78 is 0. The quantitative estimate of drug-likeness (QED) is 0.573. The van der Waals surface area contributed by atoms with Gasteiger partial charge in [0.25, 0.3) is 0 Å². The molecule has 0 spiro atoms. The van der Waals surface area contributed by atoms with E-state index in [2.05, 4.69) is 30.7 Å². The van der Waals surface area contributed by atoms with Crippen LogP contribution in [0.25, 0.3) is 0 Å². The summed E-state index contributed by atoms with van der Waals surface area (Å²) in [4.78, 5) is 5.11. The second-order valence-electron chi connectivity index (χ2n) is 4.79. The fourth-order valence-corrected chi connectivity index (χ4v) is 2.69. The molecule has 0 aromatic rings. The molecule has 0 radical (unpaired) electrons. The first-order chi connectivity index (χ1) is 5.66. The molecule has 2 aliphatic heterocycles. The minimum atomic E-state index is 0.751. The molecule has 2 aliphatic rings. The van der Waals surface area contributed by atoms with Crippen LogP contribution in [0.1, 0.15) is 13.8 Å². The van der Waals surface area contributed by atoms with Crippen LogP contribution in [-0.2, 0) is 0 Å². The predicted octanol–water partition coefficient (Wildman–Crippen LogP) is 0.888. The van der Waals surface area contributed by atoms with Crippen LogP contribution in [0.2, 0.25) is 0 Å². The van der Waals surface area contributed by atoms with Crippen LogP contribution < -0.4 is 0 Å². The molecule has 2 fully saturated rings. The maximum absolute atomic E-state index is 2.63. The van der Waals surface area contributed by atoms with Crippen molar-refractivity contribution in [3.05, 3.63) is 0 Å². The first-order valence-electron chi connectivity index (χ1n) is 5.09. The average molecular weight is 168 g/mol. The number of nitrogens with zero attached hydrogens (tertiary/aromatic N) is 2. The minimum absolute atomic E-state index is 0.751. The van der Waals surface area contributed by atoms with Crippen LogP contribution in [-0.4, -0.2) is 49.1 Å². The van der Waals surface area contributed by atoms with Gasteiger partial charge in [0.1, 0.15) is 0 Å². The van der Waals surface area contributed by atoms with E-state index in [1.807, 2.05) is 0 Å². The molecule has 2 nitrogen and oxygen atoms in total. The molecule has 0 N–H and O–H groups in total. The normalized spacial score (nSPS) is 38.0. The predicted molar refractivity (Wildman–Crippen MR) is 51.2 cm³/mol. The highest BCUT2D eigenvalue weighted by molar-refractivity contribution is 4.92. The molecular weight excluding hydrogens is 148 g/mol. The van der Waals surface area contributed by atoms with Gasteiger partial charge in [-0.25, -0.2) is 0 Å². The summed E-state index contributed by atoms with van der Waals surface area (Å²) in [5, 5.41) is 0.